The molecule has 0 aliphatic carbocycles. The number of aromatic nitrogens is 1. The Bertz CT molecular complexity index is 516. The molecule has 2 heterocycles. The molecular weight excluding hydrogens is 268 g/mol. The van der Waals surface area contributed by atoms with E-state index in [-0.39, 0.29) is 23.1 Å². The number of carbonyl (C=O) groups excluding carboxylic acids is 1. The summed E-state index contributed by atoms with van der Waals surface area (Å²) < 4.78 is 10.3. The Balaban J connectivity index is 2.47. The van der Waals surface area contributed by atoms with Crippen molar-refractivity contribution in [1.29, 1.82) is 0 Å². The molecule has 0 radical (unpaired) electrons. The number of rotatable bonds is 5. The summed E-state index contributed by atoms with van der Waals surface area (Å²) in [5.74, 6) is 0.343. The number of amides is 1. The smallest absolute Gasteiger partial charge is 0.313 e. The molecule has 20 heavy (non-hydrogen) atoms. The van der Waals surface area contributed by atoms with E-state index in [2.05, 4.69) is 10.3 Å². The summed E-state index contributed by atoms with van der Waals surface area (Å²) in [6.45, 7) is 1.99. The van der Waals surface area contributed by atoms with E-state index in [0.717, 1.165) is 0 Å². The molecule has 1 saturated heterocycles. The van der Waals surface area contributed by atoms with Gasteiger partial charge in [-0.1, -0.05) is 0 Å². The molecule has 108 valence electrons. The highest BCUT2D eigenvalue weighted by atomic mass is 16.6. The van der Waals surface area contributed by atoms with Crippen LogP contribution in [0.3, 0.4) is 0 Å². The van der Waals surface area contributed by atoms with Crippen molar-refractivity contribution in [3.63, 3.8) is 0 Å². The SMILES string of the molecule is COc1nc(N2CCOCC2)c([N+](=O)[O-])cc1NC=O. The lowest BCUT2D eigenvalue weighted by Gasteiger charge is -2.27. The van der Waals surface area contributed by atoms with Gasteiger partial charge in [0, 0.05) is 19.2 Å². The van der Waals surface area contributed by atoms with Gasteiger partial charge in [0.05, 0.1) is 25.2 Å². The zero-order chi connectivity index (χ0) is 14.5. The predicted molar refractivity (Wildman–Crippen MR) is 70.2 cm³/mol. The molecule has 1 fully saturated rings. The van der Waals surface area contributed by atoms with Gasteiger partial charge in [0.15, 0.2) is 0 Å². The second kappa shape index (κ2) is 6.15. The quantitative estimate of drug-likeness (QED) is 0.473. The number of morpholine rings is 1. The predicted octanol–water partition coefficient (Wildman–Crippen LogP) is 0.403. The van der Waals surface area contributed by atoms with Crippen LogP contribution in [-0.4, -0.2) is 49.7 Å². The monoisotopic (exact) mass is 282 g/mol. The van der Waals surface area contributed by atoms with E-state index < -0.39 is 4.92 Å². The molecule has 1 aromatic heterocycles. The number of hydrogen-bond donors (Lipinski definition) is 1. The van der Waals surface area contributed by atoms with Crippen LogP contribution in [0.1, 0.15) is 0 Å². The molecule has 1 aliphatic heterocycles. The van der Waals surface area contributed by atoms with Gasteiger partial charge in [0.2, 0.25) is 18.1 Å². The Hall–Kier alpha value is -2.42. The highest BCUT2D eigenvalue weighted by Gasteiger charge is 2.26. The molecule has 2 rings (SSSR count). The van der Waals surface area contributed by atoms with E-state index in [1.165, 1.54) is 13.2 Å². The van der Waals surface area contributed by atoms with Crippen molar-refractivity contribution in [3.05, 3.63) is 16.2 Å². The Morgan fingerprint density at radius 1 is 1.55 bits per heavy atom. The first kappa shape index (κ1) is 14.0. The third kappa shape index (κ3) is 2.77. The van der Waals surface area contributed by atoms with Crippen LogP contribution in [0.5, 0.6) is 5.88 Å². The molecular formula is C11H14N4O5. The molecule has 0 atom stereocenters. The third-order valence-electron chi connectivity index (χ3n) is 2.86. The fourth-order valence-electron chi connectivity index (χ4n) is 1.94. The number of ether oxygens (including phenoxy) is 2. The van der Waals surface area contributed by atoms with Crippen LogP contribution >= 0.6 is 0 Å². The number of methoxy groups -OCH3 is 1. The summed E-state index contributed by atoms with van der Waals surface area (Å²) in [5.41, 5.74) is -0.0248. The standard InChI is InChI=1S/C11H14N4O5/c1-19-11-8(12-7-16)6-9(15(17)18)10(13-11)14-2-4-20-5-3-14/h6-7H,2-5H2,1H3,(H,12,16). The Labute approximate surface area is 114 Å². The minimum atomic E-state index is -0.535. The third-order valence-corrected chi connectivity index (χ3v) is 2.86. The normalized spacial score (nSPS) is 14.8. The fourth-order valence-corrected chi connectivity index (χ4v) is 1.94. The lowest BCUT2D eigenvalue weighted by Crippen LogP contribution is -2.37. The molecule has 0 saturated carbocycles. The first-order chi connectivity index (χ1) is 9.67. The molecule has 1 amide bonds. The lowest BCUT2D eigenvalue weighted by molar-refractivity contribution is -0.384. The number of nitrogens with one attached hydrogen (secondary N) is 1. The van der Waals surface area contributed by atoms with Gasteiger partial charge in [-0.05, 0) is 0 Å². The van der Waals surface area contributed by atoms with Crippen LogP contribution in [0.4, 0.5) is 17.2 Å². The van der Waals surface area contributed by atoms with Crippen molar-refractivity contribution >= 4 is 23.6 Å². The topological polar surface area (TPSA) is 107 Å². The zero-order valence-electron chi connectivity index (χ0n) is 10.9. The Morgan fingerprint density at radius 2 is 2.25 bits per heavy atom. The van der Waals surface area contributed by atoms with Gasteiger partial charge in [-0.25, -0.2) is 0 Å². The Kier molecular flexibility index (Phi) is 4.31. The van der Waals surface area contributed by atoms with Crippen molar-refractivity contribution in [3.8, 4) is 5.88 Å². The second-order valence-electron chi connectivity index (χ2n) is 4.01. The maximum Gasteiger partial charge on any atom is 0.313 e. The van der Waals surface area contributed by atoms with E-state index in [1.54, 1.807) is 4.90 Å². The molecule has 1 aromatic rings. The first-order valence-electron chi connectivity index (χ1n) is 5.93. The van der Waals surface area contributed by atoms with E-state index in [0.29, 0.717) is 32.7 Å². The van der Waals surface area contributed by atoms with E-state index in [1.807, 2.05) is 0 Å². The van der Waals surface area contributed by atoms with Crippen LogP contribution < -0.4 is 15.0 Å². The summed E-state index contributed by atoms with van der Waals surface area (Å²) in [7, 11) is 1.38. The number of pyridine rings is 1. The Morgan fingerprint density at radius 3 is 2.80 bits per heavy atom. The van der Waals surface area contributed by atoms with Crippen LogP contribution in [0, 0.1) is 10.1 Å². The van der Waals surface area contributed by atoms with Crippen LogP contribution in [-0.2, 0) is 9.53 Å². The van der Waals surface area contributed by atoms with E-state index >= 15 is 0 Å². The second-order valence-corrected chi connectivity index (χ2v) is 4.01. The van der Waals surface area contributed by atoms with Gasteiger partial charge >= 0.3 is 5.69 Å². The van der Waals surface area contributed by atoms with Gasteiger partial charge in [0.1, 0.15) is 5.69 Å². The number of nitrogens with zero attached hydrogens (tertiary/aromatic N) is 3. The van der Waals surface area contributed by atoms with E-state index in [9.17, 15) is 14.9 Å². The molecule has 0 aromatic carbocycles. The average molecular weight is 282 g/mol. The van der Waals surface area contributed by atoms with Gasteiger partial charge in [-0.3, -0.25) is 14.9 Å². The van der Waals surface area contributed by atoms with Crippen molar-refractivity contribution in [1.82, 2.24) is 4.98 Å². The van der Waals surface area contributed by atoms with Crippen LogP contribution in [0.2, 0.25) is 0 Å². The number of anilines is 2. The molecule has 1 aliphatic rings. The van der Waals surface area contributed by atoms with Crippen molar-refractivity contribution in [2.75, 3.05) is 43.6 Å². The molecule has 1 N–H and O–H groups in total. The van der Waals surface area contributed by atoms with Gasteiger partial charge in [0.25, 0.3) is 0 Å². The molecule has 0 spiro atoms. The minimum Gasteiger partial charge on any atom is -0.479 e. The number of nitro groups is 1. The first-order valence-corrected chi connectivity index (χ1v) is 5.93. The summed E-state index contributed by atoms with van der Waals surface area (Å²) in [6, 6.07) is 1.24. The lowest BCUT2D eigenvalue weighted by atomic mass is 10.3. The number of hydrogen-bond acceptors (Lipinski definition) is 7. The van der Waals surface area contributed by atoms with Gasteiger partial charge < -0.3 is 19.7 Å². The highest BCUT2D eigenvalue weighted by molar-refractivity contribution is 5.78. The maximum atomic E-state index is 11.2. The molecule has 9 heteroatoms. The van der Waals surface area contributed by atoms with Crippen LogP contribution in [0.15, 0.2) is 6.07 Å². The fraction of sp³-hybridized carbons (Fsp3) is 0.455. The van der Waals surface area contributed by atoms with Gasteiger partial charge in [-0.2, -0.15) is 4.98 Å². The number of carbonyl (C=O) groups is 1. The maximum absolute atomic E-state index is 11.2. The summed E-state index contributed by atoms with van der Waals surface area (Å²) in [5, 5.41) is 13.5. The van der Waals surface area contributed by atoms with Gasteiger partial charge in [-0.15, -0.1) is 0 Å². The molecule has 0 bridgehead atoms. The highest BCUT2D eigenvalue weighted by Crippen LogP contribution is 2.34. The van der Waals surface area contributed by atoms with Crippen LogP contribution in [0.25, 0.3) is 0 Å². The molecule has 9 nitrogen and oxygen atoms in total. The summed E-state index contributed by atoms with van der Waals surface area (Å²) in [4.78, 5) is 27.1. The minimum absolute atomic E-state index is 0.129. The zero-order valence-corrected chi connectivity index (χ0v) is 10.9. The average Bonchev–Trinajstić information content (AvgIpc) is 2.48. The van der Waals surface area contributed by atoms with Crippen molar-refractivity contribution in [2.24, 2.45) is 0 Å². The largest absolute Gasteiger partial charge is 0.479 e. The summed E-state index contributed by atoms with van der Waals surface area (Å²) >= 11 is 0. The van der Waals surface area contributed by atoms with Crippen molar-refractivity contribution < 1.29 is 19.2 Å². The van der Waals surface area contributed by atoms with Crippen molar-refractivity contribution in [2.45, 2.75) is 0 Å². The molecule has 0 unspecified atom stereocenters. The van der Waals surface area contributed by atoms with E-state index in [4.69, 9.17) is 9.47 Å². The summed E-state index contributed by atoms with van der Waals surface area (Å²) in [6.07, 6.45) is 0.414.